The first-order chi connectivity index (χ1) is 7.72. The molecular formula is C13H21NO2. The fourth-order valence-corrected chi connectivity index (χ4v) is 1.73. The number of nitrogens with two attached hydrogens (primary N) is 1. The quantitative estimate of drug-likeness (QED) is 0.806. The number of benzene rings is 1. The van der Waals surface area contributed by atoms with Gasteiger partial charge in [0.05, 0.1) is 13.2 Å². The van der Waals surface area contributed by atoms with Crippen LogP contribution in [0, 0.1) is 0 Å². The van der Waals surface area contributed by atoms with Crippen molar-refractivity contribution in [2.24, 2.45) is 5.73 Å². The number of hydrogen-bond donors (Lipinski definition) is 1. The van der Waals surface area contributed by atoms with E-state index in [1.54, 1.807) is 7.11 Å². The van der Waals surface area contributed by atoms with Crippen molar-refractivity contribution in [3.05, 3.63) is 23.8 Å². The Morgan fingerprint density at radius 1 is 1.31 bits per heavy atom. The summed E-state index contributed by atoms with van der Waals surface area (Å²) < 4.78 is 11.1. The fourth-order valence-electron chi connectivity index (χ4n) is 1.73. The summed E-state index contributed by atoms with van der Waals surface area (Å²) in [5, 5.41) is 0. The van der Waals surface area contributed by atoms with Crippen molar-refractivity contribution >= 4 is 0 Å². The zero-order valence-corrected chi connectivity index (χ0v) is 10.3. The Morgan fingerprint density at radius 3 is 2.56 bits per heavy atom. The molecule has 3 nitrogen and oxygen atoms in total. The number of hydrogen-bond acceptors (Lipinski definition) is 3. The van der Waals surface area contributed by atoms with Crippen LogP contribution < -0.4 is 15.2 Å². The third kappa shape index (κ3) is 3.14. The Labute approximate surface area is 97.6 Å². The normalized spacial score (nSPS) is 12.2. The molecule has 1 aromatic rings. The molecular weight excluding hydrogens is 202 g/mol. The summed E-state index contributed by atoms with van der Waals surface area (Å²) in [7, 11) is 1.65. The first-order valence-electron chi connectivity index (χ1n) is 5.75. The van der Waals surface area contributed by atoms with Crippen LogP contribution >= 0.6 is 0 Å². The minimum atomic E-state index is 0.211. The van der Waals surface area contributed by atoms with Gasteiger partial charge in [0.1, 0.15) is 11.5 Å². The van der Waals surface area contributed by atoms with Gasteiger partial charge in [-0.25, -0.2) is 0 Å². The molecule has 0 bridgehead atoms. The Kier molecular flexibility index (Phi) is 5.12. The van der Waals surface area contributed by atoms with E-state index in [2.05, 4.69) is 13.8 Å². The molecule has 16 heavy (non-hydrogen) atoms. The summed E-state index contributed by atoms with van der Waals surface area (Å²) in [4.78, 5) is 0. The predicted octanol–water partition coefficient (Wildman–Crippen LogP) is 2.72. The van der Waals surface area contributed by atoms with E-state index in [-0.39, 0.29) is 6.10 Å². The Hall–Kier alpha value is -1.22. The van der Waals surface area contributed by atoms with Crippen LogP contribution in [-0.2, 0) is 6.54 Å². The summed E-state index contributed by atoms with van der Waals surface area (Å²) in [5.74, 6) is 1.63. The zero-order chi connectivity index (χ0) is 12.0. The molecule has 0 aliphatic carbocycles. The van der Waals surface area contributed by atoms with Crippen molar-refractivity contribution in [3.8, 4) is 11.5 Å². The molecule has 0 aromatic heterocycles. The van der Waals surface area contributed by atoms with Gasteiger partial charge in [0.15, 0.2) is 0 Å². The van der Waals surface area contributed by atoms with Crippen LogP contribution in [0.2, 0.25) is 0 Å². The molecule has 0 saturated heterocycles. The van der Waals surface area contributed by atoms with Gasteiger partial charge in [-0.05, 0) is 25.5 Å². The second kappa shape index (κ2) is 6.38. The molecule has 90 valence electrons. The molecule has 0 aliphatic rings. The summed E-state index contributed by atoms with van der Waals surface area (Å²) in [6.45, 7) is 4.65. The van der Waals surface area contributed by atoms with Gasteiger partial charge in [-0.1, -0.05) is 19.4 Å². The summed E-state index contributed by atoms with van der Waals surface area (Å²) in [5.41, 5.74) is 6.65. The molecule has 0 spiro atoms. The van der Waals surface area contributed by atoms with Crippen LogP contribution in [0.4, 0.5) is 0 Å². The maximum absolute atomic E-state index is 5.86. The number of ether oxygens (including phenoxy) is 2. The Bertz CT molecular complexity index is 326. The molecule has 1 rings (SSSR count). The van der Waals surface area contributed by atoms with Crippen LogP contribution in [0.15, 0.2) is 18.2 Å². The fraction of sp³-hybridized carbons (Fsp3) is 0.538. The average Bonchev–Trinajstić information content (AvgIpc) is 2.29. The smallest absolute Gasteiger partial charge is 0.127 e. The molecule has 0 saturated carbocycles. The highest BCUT2D eigenvalue weighted by Crippen LogP contribution is 2.28. The van der Waals surface area contributed by atoms with Crippen molar-refractivity contribution in [2.75, 3.05) is 7.11 Å². The standard InChI is InChI=1S/C13H21NO2/c1-4-6-10(2)16-13-8-5-7-12(15-3)11(13)9-14/h5,7-8,10H,4,6,9,14H2,1-3H3. The molecule has 3 heteroatoms. The lowest BCUT2D eigenvalue weighted by molar-refractivity contribution is 0.207. The SMILES string of the molecule is CCCC(C)Oc1cccc(OC)c1CN. The molecule has 1 unspecified atom stereocenters. The van der Waals surface area contributed by atoms with Crippen molar-refractivity contribution in [2.45, 2.75) is 39.3 Å². The van der Waals surface area contributed by atoms with Crippen molar-refractivity contribution in [1.29, 1.82) is 0 Å². The molecule has 1 atom stereocenters. The highest BCUT2D eigenvalue weighted by Gasteiger charge is 2.11. The van der Waals surface area contributed by atoms with Gasteiger partial charge in [-0.3, -0.25) is 0 Å². The van der Waals surface area contributed by atoms with Crippen molar-refractivity contribution in [3.63, 3.8) is 0 Å². The van der Waals surface area contributed by atoms with E-state index in [9.17, 15) is 0 Å². The molecule has 0 radical (unpaired) electrons. The van der Waals surface area contributed by atoms with Crippen molar-refractivity contribution in [1.82, 2.24) is 0 Å². The lowest BCUT2D eigenvalue weighted by Crippen LogP contribution is -2.13. The monoisotopic (exact) mass is 223 g/mol. The maximum atomic E-state index is 5.86. The van der Waals surface area contributed by atoms with Gasteiger partial charge in [0, 0.05) is 12.1 Å². The number of rotatable bonds is 6. The van der Waals surface area contributed by atoms with Crippen LogP contribution in [-0.4, -0.2) is 13.2 Å². The van der Waals surface area contributed by atoms with Crippen LogP contribution in [0.25, 0.3) is 0 Å². The zero-order valence-electron chi connectivity index (χ0n) is 10.3. The molecule has 1 aromatic carbocycles. The lowest BCUT2D eigenvalue weighted by Gasteiger charge is -2.18. The Balaban J connectivity index is 2.86. The number of methoxy groups -OCH3 is 1. The second-order valence-corrected chi connectivity index (χ2v) is 3.86. The van der Waals surface area contributed by atoms with Gasteiger partial charge in [-0.2, -0.15) is 0 Å². The summed E-state index contributed by atoms with van der Waals surface area (Å²) in [6.07, 6.45) is 2.37. The van der Waals surface area contributed by atoms with E-state index in [1.165, 1.54) is 0 Å². The summed E-state index contributed by atoms with van der Waals surface area (Å²) in [6, 6.07) is 5.77. The molecule has 0 aliphatic heterocycles. The maximum Gasteiger partial charge on any atom is 0.127 e. The van der Waals surface area contributed by atoms with Gasteiger partial charge >= 0.3 is 0 Å². The van der Waals surface area contributed by atoms with E-state index in [0.717, 1.165) is 29.9 Å². The van der Waals surface area contributed by atoms with E-state index in [4.69, 9.17) is 15.2 Å². The van der Waals surface area contributed by atoms with Crippen LogP contribution in [0.1, 0.15) is 32.3 Å². The van der Waals surface area contributed by atoms with Crippen LogP contribution in [0.3, 0.4) is 0 Å². The molecule has 2 N–H and O–H groups in total. The molecule has 0 heterocycles. The van der Waals surface area contributed by atoms with Crippen LogP contribution in [0.5, 0.6) is 11.5 Å². The first-order valence-corrected chi connectivity index (χ1v) is 5.75. The topological polar surface area (TPSA) is 44.5 Å². The third-order valence-corrected chi connectivity index (χ3v) is 2.54. The molecule has 0 fully saturated rings. The minimum absolute atomic E-state index is 0.211. The second-order valence-electron chi connectivity index (χ2n) is 3.86. The Morgan fingerprint density at radius 2 is 2.00 bits per heavy atom. The van der Waals surface area contributed by atoms with Crippen molar-refractivity contribution < 1.29 is 9.47 Å². The summed E-state index contributed by atoms with van der Waals surface area (Å²) >= 11 is 0. The van der Waals surface area contributed by atoms with Gasteiger partial charge in [-0.15, -0.1) is 0 Å². The largest absolute Gasteiger partial charge is 0.496 e. The predicted molar refractivity (Wildman–Crippen MR) is 65.9 cm³/mol. The molecule has 0 amide bonds. The first kappa shape index (κ1) is 12.8. The highest BCUT2D eigenvalue weighted by molar-refractivity contribution is 5.44. The van der Waals surface area contributed by atoms with E-state index in [1.807, 2.05) is 18.2 Å². The minimum Gasteiger partial charge on any atom is -0.496 e. The van der Waals surface area contributed by atoms with E-state index >= 15 is 0 Å². The van der Waals surface area contributed by atoms with Gasteiger partial charge in [0.25, 0.3) is 0 Å². The van der Waals surface area contributed by atoms with Gasteiger partial charge < -0.3 is 15.2 Å². The van der Waals surface area contributed by atoms with E-state index < -0.39 is 0 Å². The van der Waals surface area contributed by atoms with Gasteiger partial charge in [0.2, 0.25) is 0 Å². The lowest BCUT2D eigenvalue weighted by atomic mass is 10.1. The van der Waals surface area contributed by atoms with E-state index in [0.29, 0.717) is 6.54 Å². The highest BCUT2D eigenvalue weighted by atomic mass is 16.5. The third-order valence-electron chi connectivity index (χ3n) is 2.54. The average molecular weight is 223 g/mol.